The van der Waals surface area contributed by atoms with E-state index in [1.54, 1.807) is 0 Å². The Morgan fingerprint density at radius 2 is 2.00 bits per heavy atom. The third kappa shape index (κ3) is 4.32. The standard InChI is InChI=1S/C22H24N4O2/c1-23-19-7-4-18-15-26(12-10-17(18)14-19)11-2-3-13-28-21-9-6-16-5-8-20(27)24-22(16)25-21/h4,6-7,9,14H,2-3,5,8,10-13,15H2,(H,24,25,27). The van der Waals surface area contributed by atoms with Crippen molar-refractivity contribution < 1.29 is 9.53 Å². The Bertz CT molecular complexity index is 919. The van der Waals surface area contributed by atoms with Gasteiger partial charge in [0.25, 0.3) is 0 Å². The van der Waals surface area contributed by atoms with Crippen LogP contribution in [0.3, 0.4) is 0 Å². The van der Waals surface area contributed by atoms with Crippen LogP contribution in [-0.2, 0) is 24.2 Å². The van der Waals surface area contributed by atoms with E-state index in [1.807, 2.05) is 24.3 Å². The molecule has 0 radical (unpaired) electrons. The number of fused-ring (bicyclic) bond motifs is 2. The Kier molecular flexibility index (Phi) is 5.54. The molecule has 1 amide bonds. The largest absolute Gasteiger partial charge is 0.478 e. The molecule has 1 aromatic carbocycles. The fourth-order valence-electron chi connectivity index (χ4n) is 3.78. The molecule has 0 unspecified atom stereocenters. The van der Waals surface area contributed by atoms with E-state index in [0.717, 1.165) is 56.6 Å². The fourth-order valence-corrected chi connectivity index (χ4v) is 3.78. The fraction of sp³-hybridized carbons (Fsp3) is 0.409. The van der Waals surface area contributed by atoms with E-state index in [-0.39, 0.29) is 5.91 Å². The second kappa shape index (κ2) is 8.41. The number of nitrogens with zero attached hydrogens (tertiary/aromatic N) is 3. The topological polar surface area (TPSA) is 58.8 Å². The quantitative estimate of drug-likeness (QED) is 0.616. The van der Waals surface area contributed by atoms with Crippen LogP contribution in [0, 0.1) is 6.57 Å². The zero-order chi connectivity index (χ0) is 19.3. The Hall–Kier alpha value is -2.91. The third-order valence-electron chi connectivity index (χ3n) is 5.36. The monoisotopic (exact) mass is 376 g/mol. The van der Waals surface area contributed by atoms with Gasteiger partial charge in [-0.05, 0) is 49.4 Å². The molecular formula is C22H24N4O2. The maximum absolute atomic E-state index is 11.5. The van der Waals surface area contributed by atoms with Gasteiger partial charge in [-0.2, -0.15) is 4.98 Å². The van der Waals surface area contributed by atoms with Crippen LogP contribution in [0.2, 0.25) is 0 Å². The lowest BCUT2D eigenvalue weighted by atomic mass is 9.99. The summed E-state index contributed by atoms with van der Waals surface area (Å²) < 4.78 is 5.77. The summed E-state index contributed by atoms with van der Waals surface area (Å²) in [5.74, 6) is 1.23. The molecule has 3 heterocycles. The van der Waals surface area contributed by atoms with Gasteiger partial charge in [0.1, 0.15) is 5.82 Å². The molecule has 0 aliphatic carbocycles. The first-order chi connectivity index (χ1) is 13.7. The molecule has 4 rings (SSSR count). The van der Waals surface area contributed by atoms with Gasteiger partial charge in [-0.15, -0.1) is 0 Å². The molecule has 2 aliphatic rings. The molecule has 1 N–H and O–H groups in total. The van der Waals surface area contributed by atoms with Crippen molar-refractivity contribution in [3.63, 3.8) is 0 Å². The average Bonchev–Trinajstić information content (AvgIpc) is 2.72. The van der Waals surface area contributed by atoms with E-state index in [1.165, 1.54) is 11.1 Å². The van der Waals surface area contributed by atoms with E-state index in [2.05, 4.69) is 26.1 Å². The van der Waals surface area contributed by atoms with Crippen LogP contribution in [0.15, 0.2) is 30.3 Å². The number of hydrogen-bond donors (Lipinski definition) is 1. The van der Waals surface area contributed by atoms with Gasteiger partial charge in [-0.25, -0.2) is 4.85 Å². The average molecular weight is 376 g/mol. The summed E-state index contributed by atoms with van der Waals surface area (Å²) in [6, 6.07) is 9.91. The zero-order valence-electron chi connectivity index (χ0n) is 15.9. The lowest BCUT2D eigenvalue weighted by Gasteiger charge is -2.29. The Balaban J connectivity index is 1.20. The number of anilines is 1. The van der Waals surface area contributed by atoms with Crippen molar-refractivity contribution in [2.24, 2.45) is 0 Å². The smallest absolute Gasteiger partial charge is 0.225 e. The lowest BCUT2D eigenvalue weighted by Crippen LogP contribution is -2.31. The van der Waals surface area contributed by atoms with Crippen molar-refractivity contribution in [1.29, 1.82) is 0 Å². The van der Waals surface area contributed by atoms with Crippen LogP contribution in [0.5, 0.6) is 5.88 Å². The Morgan fingerprint density at radius 3 is 2.89 bits per heavy atom. The maximum Gasteiger partial charge on any atom is 0.225 e. The van der Waals surface area contributed by atoms with Gasteiger partial charge in [0.05, 0.1) is 13.2 Å². The summed E-state index contributed by atoms with van der Waals surface area (Å²) in [7, 11) is 0. The molecule has 0 bridgehead atoms. The first kappa shape index (κ1) is 18.5. The predicted octanol–water partition coefficient (Wildman–Crippen LogP) is 3.73. The molecule has 6 nitrogen and oxygen atoms in total. The normalized spacial score (nSPS) is 15.9. The highest BCUT2D eigenvalue weighted by molar-refractivity contribution is 5.92. The van der Waals surface area contributed by atoms with Crippen LogP contribution < -0.4 is 10.1 Å². The molecule has 0 atom stereocenters. The zero-order valence-corrected chi connectivity index (χ0v) is 15.9. The molecule has 0 spiro atoms. The number of aryl methyl sites for hydroxylation is 1. The minimum Gasteiger partial charge on any atom is -0.478 e. The maximum atomic E-state index is 11.5. The van der Waals surface area contributed by atoms with Gasteiger partial charge < -0.3 is 10.1 Å². The van der Waals surface area contributed by atoms with Crippen molar-refractivity contribution in [2.75, 3.05) is 25.0 Å². The van der Waals surface area contributed by atoms with Crippen molar-refractivity contribution in [3.05, 3.63) is 58.4 Å². The number of carbonyl (C=O) groups excluding carboxylic acids is 1. The van der Waals surface area contributed by atoms with Gasteiger partial charge in [0.15, 0.2) is 5.69 Å². The van der Waals surface area contributed by atoms with Gasteiger partial charge in [-0.1, -0.05) is 23.8 Å². The predicted molar refractivity (Wildman–Crippen MR) is 108 cm³/mol. The molecule has 0 saturated carbocycles. The molecular weight excluding hydrogens is 352 g/mol. The highest BCUT2D eigenvalue weighted by atomic mass is 16.5. The summed E-state index contributed by atoms with van der Waals surface area (Å²) >= 11 is 0. The number of hydrogen-bond acceptors (Lipinski definition) is 4. The van der Waals surface area contributed by atoms with E-state index >= 15 is 0 Å². The number of ether oxygens (including phenoxy) is 1. The van der Waals surface area contributed by atoms with E-state index in [9.17, 15) is 4.79 Å². The molecule has 6 heteroatoms. The Labute approximate surface area is 165 Å². The second-order valence-corrected chi connectivity index (χ2v) is 7.35. The van der Waals surface area contributed by atoms with E-state index in [0.29, 0.717) is 24.7 Å². The van der Waals surface area contributed by atoms with Gasteiger partial charge in [0.2, 0.25) is 11.8 Å². The molecule has 28 heavy (non-hydrogen) atoms. The minimum absolute atomic E-state index is 0.0190. The number of benzene rings is 1. The second-order valence-electron chi connectivity index (χ2n) is 7.35. The number of rotatable bonds is 6. The summed E-state index contributed by atoms with van der Waals surface area (Å²) in [6.45, 7) is 10.8. The summed E-state index contributed by atoms with van der Waals surface area (Å²) in [6.07, 6.45) is 4.31. The molecule has 0 fully saturated rings. The van der Waals surface area contributed by atoms with Crippen LogP contribution >= 0.6 is 0 Å². The lowest BCUT2D eigenvalue weighted by molar-refractivity contribution is -0.116. The van der Waals surface area contributed by atoms with E-state index < -0.39 is 0 Å². The van der Waals surface area contributed by atoms with Gasteiger partial charge >= 0.3 is 0 Å². The van der Waals surface area contributed by atoms with Crippen molar-refractivity contribution >= 4 is 17.4 Å². The molecule has 2 aliphatic heterocycles. The SMILES string of the molecule is [C-]#[N+]c1ccc2c(c1)CCN(CCCCOc1ccc3c(n1)NC(=O)CC3)C2. The summed E-state index contributed by atoms with van der Waals surface area (Å²) in [5, 5.41) is 2.81. The number of carbonyl (C=O) groups is 1. The van der Waals surface area contributed by atoms with Crippen molar-refractivity contribution in [3.8, 4) is 5.88 Å². The van der Waals surface area contributed by atoms with Crippen LogP contribution in [-0.4, -0.2) is 35.5 Å². The van der Waals surface area contributed by atoms with Crippen LogP contribution in [0.1, 0.15) is 36.0 Å². The van der Waals surface area contributed by atoms with Gasteiger partial charge in [0, 0.05) is 25.6 Å². The number of aromatic nitrogens is 1. The highest BCUT2D eigenvalue weighted by Gasteiger charge is 2.17. The number of unbranched alkanes of at least 4 members (excludes halogenated alkanes) is 1. The molecule has 1 aromatic heterocycles. The summed E-state index contributed by atoms with van der Waals surface area (Å²) in [5.41, 5.74) is 4.47. The van der Waals surface area contributed by atoms with Crippen LogP contribution in [0.4, 0.5) is 11.5 Å². The minimum atomic E-state index is 0.0190. The first-order valence-corrected chi connectivity index (χ1v) is 9.85. The van der Waals surface area contributed by atoms with Crippen molar-refractivity contribution in [2.45, 2.75) is 38.6 Å². The number of amides is 1. The van der Waals surface area contributed by atoms with Gasteiger partial charge in [-0.3, -0.25) is 9.69 Å². The molecule has 2 aromatic rings. The third-order valence-corrected chi connectivity index (χ3v) is 5.36. The molecule has 144 valence electrons. The number of pyridine rings is 1. The Morgan fingerprint density at radius 1 is 1.11 bits per heavy atom. The van der Waals surface area contributed by atoms with Crippen LogP contribution in [0.25, 0.3) is 4.85 Å². The summed E-state index contributed by atoms with van der Waals surface area (Å²) in [4.78, 5) is 21.9. The first-order valence-electron chi connectivity index (χ1n) is 9.85. The van der Waals surface area contributed by atoms with E-state index in [4.69, 9.17) is 11.3 Å². The number of nitrogens with one attached hydrogen (secondary N) is 1. The highest BCUT2D eigenvalue weighted by Crippen LogP contribution is 2.25. The van der Waals surface area contributed by atoms with Crippen molar-refractivity contribution in [1.82, 2.24) is 9.88 Å². The molecule has 0 saturated heterocycles.